The van der Waals surface area contributed by atoms with E-state index in [1.807, 2.05) is 12.4 Å². The van der Waals surface area contributed by atoms with Gasteiger partial charge in [-0.1, -0.05) is 30.3 Å². The lowest BCUT2D eigenvalue weighted by molar-refractivity contribution is 0.0583. The predicted molar refractivity (Wildman–Crippen MR) is 85.9 cm³/mol. The van der Waals surface area contributed by atoms with Crippen LogP contribution in [0, 0.1) is 0 Å². The molecule has 1 N–H and O–H groups in total. The molecule has 1 saturated heterocycles. The van der Waals surface area contributed by atoms with Crippen molar-refractivity contribution in [3.05, 3.63) is 66.0 Å². The second-order valence-corrected chi connectivity index (χ2v) is 6.39. The van der Waals surface area contributed by atoms with Crippen LogP contribution in [0.1, 0.15) is 31.0 Å². The molecular formula is C18H23N3. The molecule has 1 unspecified atom stereocenters. The van der Waals surface area contributed by atoms with E-state index in [9.17, 15) is 0 Å². The molecule has 1 fully saturated rings. The number of hydrogen-bond donors (Lipinski definition) is 1. The molecule has 21 heavy (non-hydrogen) atoms. The maximum Gasteiger partial charge on any atom is 0.0450 e. The highest BCUT2D eigenvalue weighted by Gasteiger charge is 2.34. The summed E-state index contributed by atoms with van der Waals surface area (Å²) < 4.78 is 0. The monoisotopic (exact) mass is 281 g/mol. The molecule has 0 saturated carbocycles. The van der Waals surface area contributed by atoms with Crippen molar-refractivity contribution in [1.82, 2.24) is 15.2 Å². The van der Waals surface area contributed by atoms with Gasteiger partial charge < -0.3 is 5.32 Å². The third-order valence-corrected chi connectivity index (χ3v) is 4.36. The standard InChI is InChI=1S/C18H23N3/c1-18(2)14-20-17(16-6-4-3-5-7-16)13-21(18)12-15-8-10-19-11-9-15/h3-11,17,20H,12-14H2,1-2H3. The Balaban J connectivity index is 1.77. The van der Waals surface area contributed by atoms with Gasteiger partial charge in [0.2, 0.25) is 0 Å². The number of aromatic nitrogens is 1. The molecule has 0 spiro atoms. The Morgan fingerprint density at radius 3 is 2.57 bits per heavy atom. The summed E-state index contributed by atoms with van der Waals surface area (Å²) in [5.41, 5.74) is 2.86. The predicted octanol–water partition coefficient (Wildman–Crippen LogP) is 3.01. The first-order valence-electron chi connectivity index (χ1n) is 7.57. The fraction of sp³-hybridized carbons (Fsp3) is 0.389. The molecule has 3 nitrogen and oxygen atoms in total. The zero-order valence-corrected chi connectivity index (χ0v) is 12.8. The quantitative estimate of drug-likeness (QED) is 0.937. The minimum atomic E-state index is 0.161. The van der Waals surface area contributed by atoms with Crippen LogP contribution in [0.3, 0.4) is 0 Å². The van der Waals surface area contributed by atoms with Crippen molar-refractivity contribution >= 4 is 0 Å². The van der Waals surface area contributed by atoms with Gasteiger partial charge in [0.05, 0.1) is 0 Å². The highest BCUT2D eigenvalue weighted by Crippen LogP contribution is 2.27. The van der Waals surface area contributed by atoms with Gasteiger partial charge in [0.25, 0.3) is 0 Å². The van der Waals surface area contributed by atoms with Gasteiger partial charge in [-0.25, -0.2) is 0 Å². The Bertz CT molecular complexity index is 566. The highest BCUT2D eigenvalue weighted by molar-refractivity contribution is 5.21. The average molecular weight is 281 g/mol. The average Bonchev–Trinajstić information content (AvgIpc) is 2.51. The summed E-state index contributed by atoms with van der Waals surface area (Å²) in [5.74, 6) is 0. The van der Waals surface area contributed by atoms with E-state index in [4.69, 9.17) is 0 Å². The number of pyridine rings is 1. The number of benzene rings is 1. The van der Waals surface area contributed by atoms with Gasteiger partial charge in [-0.05, 0) is 37.1 Å². The fourth-order valence-corrected chi connectivity index (χ4v) is 2.91. The van der Waals surface area contributed by atoms with Gasteiger partial charge in [-0.2, -0.15) is 0 Å². The lowest BCUT2D eigenvalue weighted by Gasteiger charge is -2.46. The molecule has 110 valence electrons. The highest BCUT2D eigenvalue weighted by atomic mass is 15.3. The molecule has 2 heterocycles. The topological polar surface area (TPSA) is 28.2 Å². The summed E-state index contributed by atoms with van der Waals surface area (Å²) in [4.78, 5) is 6.67. The van der Waals surface area contributed by atoms with Crippen molar-refractivity contribution in [3.8, 4) is 0 Å². The maximum absolute atomic E-state index is 4.11. The minimum absolute atomic E-state index is 0.161. The Morgan fingerprint density at radius 1 is 1.14 bits per heavy atom. The molecule has 3 rings (SSSR count). The van der Waals surface area contributed by atoms with Crippen LogP contribution >= 0.6 is 0 Å². The summed E-state index contributed by atoms with van der Waals surface area (Å²) in [5, 5.41) is 3.69. The van der Waals surface area contributed by atoms with E-state index in [1.54, 1.807) is 0 Å². The molecule has 1 aromatic carbocycles. The molecule has 0 amide bonds. The molecule has 1 aromatic heterocycles. The molecule has 0 aliphatic carbocycles. The Labute approximate surface area is 127 Å². The fourth-order valence-electron chi connectivity index (χ4n) is 2.91. The number of rotatable bonds is 3. The van der Waals surface area contributed by atoms with E-state index in [0.29, 0.717) is 6.04 Å². The van der Waals surface area contributed by atoms with Crippen molar-refractivity contribution in [2.45, 2.75) is 32.0 Å². The molecule has 0 radical (unpaired) electrons. The number of hydrogen-bond acceptors (Lipinski definition) is 3. The first-order chi connectivity index (χ1) is 10.1. The van der Waals surface area contributed by atoms with Gasteiger partial charge in [0.1, 0.15) is 0 Å². The van der Waals surface area contributed by atoms with Crippen LogP contribution in [0.5, 0.6) is 0 Å². The molecular weight excluding hydrogens is 258 g/mol. The van der Waals surface area contributed by atoms with E-state index in [1.165, 1.54) is 11.1 Å². The van der Waals surface area contributed by atoms with Crippen LogP contribution in [0.15, 0.2) is 54.9 Å². The van der Waals surface area contributed by atoms with Crippen molar-refractivity contribution in [1.29, 1.82) is 0 Å². The van der Waals surface area contributed by atoms with E-state index >= 15 is 0 Å². The van der Waals surface area contributed by atoms with Gasteiger partial charge in [-0.3, -0.25) is 9.88 Å². The molecule has 1 aliphatic heterocycles. The summed E-state index contributed by atoms with van der Waals surface area (Å²) in [6.45, 7) is 7.61. The van der Waals surface area contributed by atoms with Gasteiger partial charge >= 0.3 is 0 Å². The number of piperazine rings is 1. The number of nitrogens with one attached hydrogen (secondary N) is 1. The van der Waals surface area contributed by atoms with E-state index in [2.05, 4.69) is 71.5 Å². The lowest BCUT2D eigenvalue weighted by Crippen LogP contribution is -2.58. The van der Waals surface area contributed by atoms with Crippen LogP contribution in [0.25, 0.3) is 0 Å². The first-order valence-corrected chi connectivity index (χ1v) is 7.57. The number of nitrogens with zero attached hydrogens (tertiary/aromatic N) is 2. The summed E-state index contributed by atoms with van der Waals surface area (Å²) in [6, 6.07) is 15.3. The first kappa shape index (κ1) is 14.2. The second kappa shape index (κ2) is 5.96. The van der Waals surface area contributed by atoms with Crippen molar-refractivity contribution in [2.75, 3.05) is 13.1 Å². The second-order valence-electron chi connectivity index (χ2n) is 6.39. The van der Waals surface area contributed by atoms with E-state index in [-0.39, 0.29) is 5.54 Å². The van der Waals surface area contributed by atoms with E-state index in [0.717, 1.165) is 19.6 Å². The molecule has 3 heteroatoms. The molecule has 0 bridgehead atoms. The van der Waals surface area contributed by atoms with Gasteiger partial charge in [0.15, 0.2) is 0 Å². The third kappa shape index (κ3) is 3.31. The zero-order chi connectivity index (χ0) is 14.7. The van der Waals surface area contributed by atoms with Gasteiger partial charge in [0, 0.05) is 43.6 Å². The maximum atomic E-state index is 4.11. The van der Waals surface area contributed by atoms with Crippen LogP contribution < -0.4 is 5.32 Å². The molecule has 1 atom stereocenters. The minimum Gasteiger partial charge on any atom is -0.307 e. The SMILES string of the molecule is CC1(C)CNC(c2ccccc2)CN1Cc1ccncc1. The zero-order valence-electron chi connectivity index (χ0n) is 12.8. The Morgan fingerprint density at radius 2 is 1.86 bits per heavy atom. The third-order valence-electron chi connectivity index (χ3n) is 4.36. The smallest absolute Gasteiger partial charge is 0.0450 e. The van der Waals surface area contributed by atoms with Crippen molar-refractivity contribution in [2.24, 2.45) is 0 Å². The normalized spacial score (nSPS) is 22.1. The van der Waals surface area contributed by atoms with Crippen molar-refractivity contribution in [3.63, 3.8) is 0 Å². The Hall–Kier alpha value is -1.71. The molecule has 1 aliphatic rings. The largest absolute Gasteiger partial charge is 0.307 e. The van der Waals surface area contributed by atoms with Crippen LogP contribution in [0.2, 0.25) is 0 Å². The van der Waals surface area contributed by atoms with Gasteiger partial charge in [-0.15, -0.1) is 0 Å². The summed E-state index contributed by atoms with van der Waals surface area (Å²) >= 11 is 0. The van der Waals surface area contributed by atoms with Crippen LogP contribution in [-0.4, -0.2) is 28.5 Å². The van der Waals surface area contributed by atoms with Crippen LogP contribution in [-0.2, 0) is 6.54 Å². The molecule has 2 aromatic rings. The lowest BCUT2D eigenvalue weighted by atomic mass is 9.94. The van der Waals surface area contributed by atoms with Crippen molar-refractivity contribution < 1.29 is 0 Å². The summed E-state index contributed by atoms with van der Waals surface area (Å²) in [7, 11) is 0. The van der Waals surface area contributed by atoms with Crippen LogP contribution in [0.4, 0.5) is 0 Å². The summed E-state index contributed by atoms with van der Waals surface area (Å²) in [6.07, 6.45) is 3.75. The Kier molecular flexibility index (Phi) is 4.04. The van der Waals surface area contributed by atoms with E-state index < -0.39 is 0 Å².